The van der Waals surface area contributed by atoms with Crippen LogP contribution in [0.5, 0.6) is 0 Å². The van der Waals surface area contributed by atoms with Crippen LogP contribution in [0.2, 0.25) is 0 Å². The molecule has 0 aliphatic heterocycles. The average molecular weight is 461 g/mol. The van der Waals surface area contributed by atoms with Crippen molar-refractivity contribution in [2.24, 2.45) is 53.3 Å². The third kappa shape index (κ3) is 6.78. The first-order valence-corrected chi connectivity index (χ1v) is 15.7. The largest absolute Gasteiger partial charge is 0.247 e. The standard InChI is InChI=1S/C32H57F/c1-4-5-6-7-8-25-10-12-26(13-11-25)27-14-16-28(17-15-27)29-18-20-30(21-19-29)31-22-9-23(2)32(33)24(31)3/h23-32H,4-22H2,1-3H3. The molecular weight excluding hydrogens is 403 g/mol. The highest BCUT2D eigenvalue weighted by atomic mass is 19.1. The first-order valence-electron chi connectivity index (χ1n) is 15.7. The molecule has 0 nitrogen and oxygen atoms in total. The van der Waals surface area contributed by atoms with Crippen molar-refractivity contribution < 1.29 is 4.39 Å². The SMILES string of the molecule is CCCCCCC1CCC(C2CCC(C3CCC(C4CCC(C)C(F)C4C)CC3)CC2)CC1. The van der Waals surface area contributed by atoms with Crippen LogP contribution in [0.1, 0.15) is 143 Å². The smallest absolute Gasteiger partial charge is 0.105 e. The lowest BCUT2D eigenvalue weighted by Gasteiger charge is -2.45. The van der Waals surface area contributed by atoms with E-state index < -0.39 is 6.17 Å². The van der Waals surface area contributed by atoms with Crippen LogP contribution >= 0.6 is 0 Å². The van der Waals surface area contributed by atoms with E-state index in [0.717, 1.165) is 41.9 Å². The first-order chi connectivity index (χ1) is 16.1. The van der Waals surface area contributed by atoms with Gasteiger partial charge < -0.3 is 0 Å². The van der Waals surface area contributed by atoms with E-state index in [1.165, 1.54) is 89.9 Å². The third-order valence-corrected chi connectivity index (χ3v) is 11.6. The van der Waals surface area contributed by atoms with Crippen molar-refractivity contribution in [1.29, 1.82) is 0 Å². The van der Waals surface area contributed by atoms with Gasteiger partial charge in [-0.3, -0.25) is 0 Å². The molecule has 0 spiro atoms. The van der Waals surface area contributed by atoms with E-state index in [4.69, 9.17) is 0 Å². The zero-order chi connectivity index (χ0) is 23.2. The van der Waals surface area contributed by atoms with E-state index in [-0.39, 0.29) is 0 Å². The summed E-state index contributed by atoms with van der Waals surface area (Å²) in [6, 6.07) is 0. The van der Waals surface area contributed by atoms with Gasteiger partial charge in [0.1, 0.15) is 6.17 Å². The first kappa shape index (κ1) is 26.0. The zero-order valence-corrected chi connectivity index (χ0v) is 22.6. The summed E-state index contributed by atoms with van der Waals surface area (Å²) < 4.78 is 14.6. The molecule has 4 saturated carbocycles. The Hall–Kier alpha value is -0.0700. The van der Waals surface area contributed by atoms with Gasteiger partial charge in [0.05, 0.1) is 0 Å². The van der Waals surface area contributed by atoms with Crippen LogP contribution in [0, 0.1) is 53.3 Å². The fourth-order valence-corrected chi connectivity index (χ4v) is 9.24. The minimum atomic E-state index is -0.548. The van der Waals surface area contributed by atoms with Crippen LogP contribution in [-0.4, -0.2) is 6.17 Å². The zero-order valence-electron chi connectivity index (χ0n) is 22.6. The summed E-state index contributed by atoms with van der Waals surface area (Å²) in [6.07, 6.45) is 27.2. The van der Waals surface area contributed by atoms with E-state index in [1.54, 1.807) is 25.7 Å². The van der Waals surface area contributed by atoms with Crippen LogP contribution < -0.4 is 0 Å². The highest BCUT2D eigenvalue weighted by Crippen LogP contribution is 2.49. The second kappa shape index (κ2) is 12.8. The summed E-state index contributed by atoms with van der Waals surface area (Å²) in [5, 5.41) is 0. The van der Waals surface area contributed by atoms with Crippen LogP contribution in [-0.2, 0) is 0 Å². The molecule has 1 heteroatoms. The predicted octanol–water partition coefficient (Wildman–Crippen LogP) is 10.4. The lowest BCUT2D eigenvalue weighted by atomic mass is 9.61. The molecular formula is C32H57F. The summed E-state index contributed by atoms with van der Waals surface area (Å²) in [6.45, 7) is 6.67. The van der Waals surface area contributed by atoms with Gasteiger partial charge in [-0.25, -0.2) is 4.39 Å². The third-order valence-electron chi connectivity index (χ3n) is 11.6. The predicted molar refractivity (Wildman–Crippen MR) is 141 cm³/mol. The van der Waals surface area contributed by atoms with Crippen molar-refractivity contribution in [1.82, 2.24) is 0 Å². The van der Waals surface area contributed by atoms with Crippen molar-refractivity contribution in [3.63, 3.8) is 0 Å². The number of hydrogen-bond acceptors (Lipinski definition) is 0. The number of halogens is 1. The van der Waals surface area contributed by atoms with Crippen LogP contribution in [0.3, 0.4) is 0 Å². The van der Waals surface area contributed by atoms with Crippen molar-refractivity contribution >= 4 is 0 Å². The van der Waals surface area contributed by atoms with Gasteiger partial charge in [-0.15, -0.1) is 0 Å². The number of hydrogen-bond donors (Lipinski definition) is 0. The molecule has 4 unspecified atom stereocenters. The van der Waals surface area contributed by atoms with Gasteiger partial charge in [0.15, 0.2) is 0 Å². The molecule has 192 valence electrons. The Morgan fingerprint density at radius 3 is 1.55 bits per heavy atom. The molecule has 0 aromatic rings. The number of rotatable bonds is 8. The van der Waals surface area contributed by atoms with Gasteiger partial charge in [0.25, 0.3) is 0 Å². The molecule has 0 bridgehead atoms. The molecule has 4 aliphatic carbocycles. The second-order valence-corrected chi connectivity index (χ2v) is 13.5. The average Bonchev–Trinajstić information content (AvgIpc) is 2.86. The summed E-state index contributed by atoms with van der Waals surface area (Å²) in [5.41, 5.74) is 0. The Kier molecular flexibility index (Phi) is 10.1. The summed E-state index contributed by atoms with van der Waals surface area (Å²) in [5.74, 6) is 7.32. The maximum absolute atomic E-state index is 14.6. The molecule has 4 rings (SSSR count). The lowest BCUT2D eigenvalue weighted by molar-refractivity contribution is 0.0187. The Bertz CT molecular complexity index is 533. The van der Waals surface area contributed by atoms with Gasteiger partial charge in [-0.1, -0.05) is 65.7 Å². The molecule has 0 heterocycles. The highest BCUT2D eigenvalue weighted by Gasteiger charge is 2.41. The van der Waals surface area contributed by atoms with Gasteiger partial charge in [-0.2, -0.15) is 0 Å². The van der Waals surface area contributed by atoms with Crippen molar-refractivity contribution in [2.75, 3.05) is 0 Å². The molecule has 0 aromatic heterocycles. The van der Waals surface area contributed by atoms with Gasteiger partial charge in [0.2, 0.25) is 0 Å². The van der Waals surface area contributed by atoms with Gasteiger partial charge >= 0.3 is 0 Å². The fourth-order valence-electron chi connectivity index (χ4n) is 9.24. The fraction of sp³-hybridized carbons (Fsp3) is 1.00. The van der Waals surface area contributed by atoms with Gasteiger partial charge in [0, 0.05) is 0 Å². The highest BCUT2D eigenvalue weighted by molar-refractivity contribution is 4.91. The maximum Gasteiger partial charge on any atom is 0.105 e. The Morgan fingerprint density at radius 1 is 0.545 bits per heavy atom. The molecule has 33 heavy (non-hydrogen) atoms. The topological polar surface area (TPSA) is 0 Å². The monoisotopic (exact) mass is 460 g/mol. The quantitative estimate of drug-likeness (QED) is 0.316. The van der Waals surface area contributed by atoms with Crippen molar-refractivity contribution in [3.8, 4) is 0 Å². The van der Waals surface area contributed by atoms with Crippen LogP contribution in [0.15, 0.2) is 0 Å². The lowest BCUT2D eigenvalue weighted by Crippen LogP contribution is -2.38. The van der Waals surface area contributed by atoms with E-state index in [9.17, 15) is 4.39 Å². The summed E-state index contributed by atoms with van der Waals surface area (Å²) >= 11 is 0. The summed E-state index contributed by atoms with van der Waals surface area (Å²) in [4.78, 5) is 0. The van der Waals surface area contributed by atoms with Crippen LogP contribution in [0.4, 0.5) is 4.39 Å². The number of unbranched alkanes of at least 4 members (excludes halogenated alkanes) is 3. The Labute approximate surface area is 206 Å². The van der Waals surface area contributed by atoms with E-state index in [0.29, 0.717) is 17.8 Å². The molecule has 4 fully saturated rings. The van der Waals surface area contributed by atoms with E-state index in [1.807, 2.05) is 0 Å². The van der Waals surface area contributed by atoms with E-state index >= 15 is 0 Å². The molecule has 4 aliphatic rings. The molecule has 0 radical (unpaired) electrons. The second-order valence-electron chi connectivity index (χ2n) is 13.5. The minimum absolute atomic E-state index is 0.295. The Morgan fingerprint density at radius 2 is 1.03 bits per heavy atom. The molecule has 0 N–H and O–H groups in total. The molecule has 0 amide bonds. The van der Waals surface area contributed by atoms with Crippen molar-refractivity contribution in [3.05, 3.63) is 0 Å². The molecule has 4 atom stereocenters. The normalized spacial score (nSPS) is 45.1. The van der Waals surface area contributed by atoms with Crippen LogP contribution in [0.25, 0.3) is 0 Å². The maximum atomic E-state index is 14.6. The summed E-state index contributed by atoms with van der Waals surface area (Å²) in [7, 11) is 0. The molecule has 0 aromatic carbocycles. The van der Waals surface area contributed by atoms with Crippen molar-refractivity contribution in [2.45, 2.75) is 149 Å². The molecule has 0 saturated heterocycles. The number of alkyl halides is 1. The van der Waals surface area contributed by atoms with Gasteiger partial charge in [-0.05, 0) is 130 Å². The van der Waals surface area contributed by atoms with E-state index in [2.05, 4.69) is 20.8 Å². The minimum Gasteiger partial charge on any atom is -0.247 e. The Balaban J connectivity index is 1.13.